The maximum absolute atomic E-state index is 4.85. The summed E-state index contributed by atoms with van der Waals surface area (Å²) in [6, 6.07) is 1.74. The SMILES string of the molecule is CCNC(=NCC1CN2CCN1CC2)NCCN(C(C)C)C(C)C.I. The van der Waals surface area contributed by atoms with Crippen molar-refractivity contribution in [2.75, 3.05) is 58.9 Å². The lowest BCUT2D eigenvalue weighted by Crippen LogP contribution is -2.62. The second-order valence-electron chi connectivity index (χ2n) is 7.56. The van der Waals surface area contributed by atoms with E-state index in [9.17, 15) is 0 Å². The highest BCUT2D eigenvalue weighted by Crippen LogP contribution is 2.15. The number of guanidine groups is 1. The fraction of sp³-hybridized carbons (Fsp3) is 0.944. The number of rotatable bonds is 8. The van der Waals surface area contributed by atoms with Crippen molar-refractivity contribution in [2.24, 2.45) is 4.99 Å². The first-order chi connectivity index (χ1) is 11.5. The zero-order valence-corrected chi connectivity index (χ0v) is 19.1. The molecule has 0 saturated carbocycles. The van der Waals surface area contributed by atoms with Gasteiger partial charge in [0.25, 0.3) is 0 Å². The zero-order valence-electron chi connectivity index (χ0n) is 16.8. The van der Waals surface area contributed by atoms with Crippen LogP contribution >= 0.6 is 24.0 Å². The van der Waals surface area contributed by atoms with Gasteiger partial charge in [-0.15, -0.1) is 24.0 Å². The normalized spacial score (nSPS) is 26.2. The monoisotopic (exact) mass is 466 g/mol. The third-order valence-corrected chi connectivity index (χ3v) is 5.19. The smallest absolute Gasteiger partial charge is 0.191 e. The number of fused-ring (bicyclic) bond motifs is 3. The highest BCUT2D eigenvalue weighted by Gasteiger charge is 2.31. The number of nitrogens with one attached hydrogen (secondary N) is 2. The van der Waals surface area contributed by atoms with Gasteiger partial charge in [0.2, 0.25) is 0 Å². The fourth-order valence-electron chi connectivity index (χ4n) is 3.85. The topological polar surface area (TPSA) is 46.1 Å². The Hall–Kier alpha value is -0.120. The first-order valence-corrected chi connectivity index (χ1v) is 9.75. The summed E-state index contributed by atoms with van der Waals surface area (Å²) in [5, 5.41) is 6.90. The summed E-state index contributed by atoms with van der Waals surface area (Å²) in [5.74, 6) is 0.961. The van der Waals surface area contributed by atoms with Crippen molar-refractivity contribution >= 4 is 29.9 Å². The Bertz CT molecular complexity index is 385. The number of nitrogens with zero attached hydrogens (tertiary/aromatic N) is 4. The number of aliphatic imine (C=N–C) groups is 1. The van der Waals surface area contributed by atoms with Crippen molar-refractivity contribution in [3.05, 3.63) is 0 Å². The summed E-state index contributed by atoms with van der Waals surface area (Å²) in [6.07, 6.45) is 0. The lowest BCUT2D eigenvalue weighted by Gasteiger charge is -2.47. The molecule has 3 aliphatic rings. The molecule has 3 fully saturated rings. The van der Waals surface area contributed by atoms with Gasteiger partial charge < -0.3 is 10.6 Å². The van der Waals surface area contributed by atoms with E-state index in [4.69, 9.17) is 4.99 Å². The van der Waals surface area contributed by atoms with E-state index in [1.54, 1.807) is 0 Å². The number of hydrogen-bond donors (Lipinski definition) is 2. The number of piperazine rings is 3. The van der Waals surface area contributed by atoms with Crippen LogP contribution in [0.25, 0.3) is 0 Å². The molecule has 0 aromatic heterocycles. The van der Waals surface area contributed by atoms with Crippen LogP contribution in [-0.2, 0) is 0 Å². The number of hydrogen-bond acceptors (Lipinski definition) is 4. The molecule has 25 heavy (non-hydrogen) atoms. The molecule has 6 nitrogen and oxygen atoms in total. The summed E-state index contributed by atoms with van der Waals surface area (Å²) in [7, 11) is 0. The Morgan fingerprint density at radius 3 is 2.20 bits per heavy atom. The predicted octanol–water partition coefficient (Wildman–Crippen LogP) is 1.28. The van der Waals surface area contributed by atoms with Crippen LogP contribution in [0.2, 0.25) is 0 Å². The first-order valence-electron chi connectivity index (χ1n) is 9.75. The lowest BCUT2D eigenvalue weighted by molar-refractivity contribution is 0.0174. The van der Waals surface area contributed by atoms with Crippen molar-refractivity contribution in [2.45, 2.75) is 52.7 Å². The van der Waals surface area contributed by atoms with Crippen LogP contribution in [0.3, 0.4) is 0 Å². The molecular formula is C18H39IN6. The van der Waals surface area contributed by atoms with Crippen molar-refractivity contribution < 1.29 is 0 Å². The molecule has 0 aromatic rings. The van der Waals surface area contributed by atoms with Gasteiger partial charge in [-0.2, -0.15) is 0 Å². The first kappa shape index (κ1) is 22.9. The van der Waals surface area contributed by atoms with Gasteiger partial charge in [-0.1, -0.05) is 0 Å². The van der Waals surface area contributed by atoms with Crippen molar-refractivity contribution in [1.82, 2.24) is 25.3 Å². The summed E-state index contributed by atoms with van der Waals surface area (Å²) in [5.41, 5.74) is 0. The summed E-state index contributed by atoms with van der Waals surface area (Å²) in [6.45, 7) is 21.0. The Labute approximate surface area is 171 Å². The van der Waals surface area contributed by atoms with Gasteiger partial charge in [-0.05, 0) is 34.6 Å². The van der Waals surface area contributed by atoms with Gasteiger partial charge in [-0.25, -0.2) is 0 Å². The van der Waals surface area contributed by atoms with Crippen LogP contribution in [0.1, 0.15) is 34.6 Å². The molecule has 3 rings (SSSR count). The van der Waals surface area contributed by atoms with Crippen molar-refractivity contribution in [3.63, 3.8) is 0 Å². The van der Waals surface area contributed by atoms with Crippen LogP contribution < -0.4 is 10.6 Å². The Morgan fingerprint density at radius 1 is 1.08 bits per heavy atom. The molecule has 3 aliphatic heterocycles. The lowest BCUT2D eigenvalue weighted by atomic mass is 10.1. The molecule has 0 aromatic carbocycles. The van der Waals surface area contributed by atoms with E-state index < -0.39 is 0 Å². The molecule has 148 valence electrons. The van der Waals surface area contributed by atoms with Gasteiger partial charge in [0.05, 0.1) is 6.54 Å². The van der Waals surface area contributed by atoms with Gasteiger partial charge in [0, 0.05) is 70.5 Å². The van der Waals surface area contributed by atoms with Crippen LogP contribution in [-0.4, -0.2) is 97.7 Å². The van der Waals surface area contributed by atoms with E-state index in [0.717, 1.165) is 32.1 Å². The fourth-order valence-corrected chi connectivity index (χ4v) is 3.85. The quantitative estimate of drug-likeness (QED) is 0.321. The predicted molar refractivity (Wildman–Crippen MR) is 118 cm³/mol. The van der Waals surface area contributed by atoms with Crippen molar-refractivity contribution in [3.8, 4) is 0 Å². The van der Waals surface area contributed by atoms with E-state index in [-0.39, 0.29) is 24.0 Å². The number of halogens is 1. The average molecular weight is 466 g/mol. The summed E-state index contributed by atoms with van der Waals surface area (Å²) >= 11 is 0. The Morgan fingerprint density at radius 2 is 1.72 bits per heavy atom. The molecule has 3 heterocycles. The highest BCUT2D eigenvalue weighted by atomic mass is 127. The second kappa shape index (κ2) is 11.6. The van der Waals surface area contributed by atoms with E-state index in [0.29, 0.717) is 18.1 Å². The van der Waals surface area contributed by atoms with Crippen LogP contribution in [0, 0.1) is 0 Å². The highest BCUT2D eigenvalue weighted by molar-refractivity contribution is 14.0. The second-order valence-corrected chi connectivity index (χ2v) is 7.56. The molecule has 2 bridgehead atoms. The van der Waals surface area contributed by atoms with E-state index in [1.165, 1.54) is 32.7 Å². The standard InChI is InChI=1S/C18H38N6.HI/c1-6-19-18(20-7-8-24(15(2)3)16(4)5)21-13-17-14-22-9-11-23(17)12-10-22;/h15-17H,6-14H2,1-5H3,(H2,19,20,21);1H. The van der Waals surface area contributed by atoms with Gasteiger partial charge in [0.15, 0.2) is 5.96 Å². The van der Waals surface area contributed by atoms with Crippen LogP contribution in [0.5, 0.6) is 0 Å². The Kier molecular flexibility index (Phi) is 10.6. The largest absolute Gasteiger partial charge is 0.357 e. The van der Waals surface area contributed by atoms with E-state index in [2.05, 4.69) is 60.0 Å². The maximum Gasteiger partial charge on any atom is 0.191 e. The summed E-state index contributed by atoms with van der Waals surface area (Å²) in [4.78, 5) is 12.5. The Balaban J connectivity index is 0.00000312. The molecule has 7 heteroatoms. The molecule has 0 aliphatic carbocycles. The summed E-state index contributed by atoms with van der Waals surface area (Å²) < 4.78 is 0. The average Bonchev–Trinajstić information content (AvgIpc) is 2.56. The molecule has 1 atom stereocenters. The van der Waals surface area contributed by atoms with Gasteiger partial charge in [0.1, 0.15) is 0 Å². The van der Waals surface area contributed by atoms with Crippen LogP contribution in [0.4, 0.5) is 0 Å². The molecule has 0 radical (unpaired) electrons. The molecule has 3 saturated heterocycles. The molecular weight excluding hydrogens is 427 g/mol. The third-order valence-electron chi connectivity index (χ3n) is 5.19. The zero-order chi connectivity index (χ0) is 17.5. The minimum Gasteiger partial charge on any atom is -0.357 e. The molecule has 2 N–H and O–H groups in total. The molecule has 1 unspecified atom stereocenters. The van der Waals surface area contributed by atoms with E-state index >= 15 is 0 Å². The van der Waals surface area contributed by atoms with Crippen LogP contribution in [0.15, 0.2) is 4.99 Å². The minimum absolute atomic E-state index is 0. The van der Waals surface area contributed by atoms with Gasteiger partial charge >= 0.3 is 0 Å². The van der Waals surface area contributed by atoms with Crippen molar-refractivity contribution in [1.29, 1.82) is 0 Å². The molecule has 0 spiro atoms. The minimum atomic E-state index is 0. The van der Waals surface area contributed by atoms with E-state index in [1.807, 2.05) is 0 Å². The maximum atomic E-state index is 4.85. The molecule has 0 amide bonds. The van der Waals surface area contributed by atoms with Gasteiger partial charge in [-0.3, -0.25) is 19.7 Å². The third kappa shape index (κ3) is 7.19.